The molecule has 0 aliphatic carbocycles. The van der Waals surface area contributed by atoms with E-state index in [1.54, 1.807) is 6.92 Å². The first kappa shape index (κ1) is 17.5. The van der Waals surface area contributed by atoms with Crippen molar-refractivity contribution in [2.24, 2.45) is 0 Å². The maximum absolute atomic E-state index is 11.3. The van der Waals surface area contributed by atoms with Crippen LogP contribution in [0.5, 0.6) is 0 Å². The predicted octanol–water partition coefficient (Wildman–Crippen LogP) is 5.36. The van der Waals surface area contributed by atoms with Crippen LogP contribution in [-0.2, 0) is 6.42 Å². The molecular formula is C14H9Cl3N2O4. The second-order valence-electron chi connectivity index (χ2n) is 4.80. The van der Waals surface area contributed by atoms with Crippen LogP contribution in [0.3, 0.4) is 0 Å². The predicted molar refractivity (Wildman–Crippen MR) is 88.8 cm³/mol. The number of halogens is 3. The molecule has 0 aliphatic heterocycles. The molecule has 0 N–H and O–H groups in total. The summed E-state index contributed by atoms with van der Waals surface area (Å²) in [6.07, 6.45) is 0.0645. The molecule has 0 saturated carbocycles. The van der Waals surface area contributed by atoms with Crippen LogP contribution in [0.15, 0.2) is 24.3 Å². The molecule has 9 heteroatoms. The Morgan fingerprint density at radius 1 is 0.913 bits per heavy atom. The van der Waals surface area contributed by atoms with Crippen LogP contribution in [0.4, 0.5) is 11.4 Å². The highest BCUT2D eigenvalue weighted by Gasteiger charge is 2.23. The summed E-state index contributed by atoms with van der Waals surface area (Å²) in [4.78, 5) is 20.8. The Balaban J connectivity index is 2.60. The van der Waals surface area contributed by atoms with E-state index in [1.807, 2.05) is 0 Å². The Kier molecular flexibility index (Phi) is 5.09. The zero-order chi connectivity index (χ0) is 17.3. The topological polar surface area (TPSA) is 86.3 Å². The fourth-order valence-electron chi connectivity index (χ4n) is 2.20. The van der Waals surface area contributed by atoms with Gasteiger partial charge in [0.05, 0.1) is 15.9 Å². The van der Waals surface area contributed by atoms with Crippen molar-refractivity contribution in [3.05, 3.63) is 76.3 Å². The number of aryl methyl sites for hydroxylation is 1. The first-order valence-corrected chi connectivity index (χ1v) is 7.39. The average molecular weight is 376 g/mol. The maximum Gasteiger partial charge on any atom is 0.280 e. The fraction of sp³-hybridized carbons (Fsp3) is 0.143. The second-order valence-corrected chi connectivity index (χ2v) is 6.05. The van der Waals surface area contributed by atoms with Crippen LogP contribution >= 0.6 is 34.8 Å². The average Bonchev–Trinajstić information content (AvgIpc) is 2.42. The molecule has 0 aromatic heterocycles. The highest BCUT2D eigenvalue weighted by Crippen LogP contribution is 2.35. The SMILES string of the molecule is Cc1cc([N+](=O)[O-])cc([N+](=O)[O-])c1Cc1c(Cl)cc(Cl)cc1Cl. The van der Waals surface area contributed by atoms with E-state index < -0.39 is 9.85 Å². The summed E-state index contributed by atoms with van der Waals surface area (Å²) in [6.45, 7) is 1.56. The Hall–Kier alpha value is -1.89. The lowest BCUT2D eigenvalue weighted by Crippen LogP contribution is -2.02. The Morgan fingerprint density at radius 2 is 1.48 bits per heavy atom. The molecular weight excluding hydrogens is 367 g/mol. The van der Waals surface area contributed by atoms with Gasteiger partial charge in [0.2, 0.25) is 0 Å². The van der Waals surface area contributed by atoms with Crippen molar-refractivity contribution in [2.45, 2.75) is 13.3 Å². The molecule has 0 spiro atoms. The van der Waals surface area contributed by atoms with Gasteiger partial charge in [0.15, 0.2) is 0 Å². The Labute approximate surface area is 145 Å². The fourth-order valence-corrected chi connectivity index (χ4v) is 3.15. The van der Waals surface area contributed by atoms with Gasteiger partial charge in [-0.2, -0.15) is 0 Å². The number of rotatable bonds is 4. The molecule has 0 radical (unpaired) electrons. The molecule has 2 rings (SSSR count). The van der Waals surface area contributed by atoms with Crippen molar-refractivity contribution in [1.82, 2.24) is 0 Å². The van der Waals surface area contributed by atoms with Gasteiger partial charge >= 0.3 is 0 Å². The van der Waals surface area contributed by atoms with Crippen LogP contribution < -0.4 is 0 Å². The lowest BCUT2D eigenvalue weighted by molar-refractivity contribution is -0.394. The lowest BCUT2D eigenvalue weighted by atomic mass is 9.98. The molecule has 23 heavy (non-hydrogen) atoms. The van der Waals surface area contributed by atoms with Crippen molar-refractivity contribution in [3.63, 3.8) is 0 Å². The standard InChI is InChI=1S/C14H9Cl3N2O4/c1-7-2-9(18(20)21)5-14(19(22)23)10(7)6-11-12(16)3-8(15)4-13(11)17/h2-5H,6H2,1H3. The zero-order valence-corrected chi connectivity index (χ0v) is 13.9. The number of benzene rings is 2. The smallest absolute Gasteiger partial charge is 0.258 e. The van der Waals surface area contributed by atoms with Crippen LogP contribution in [0.2, 0.25) is 15.1 Å². The molecule has 6 nitrogen and oxygen atoms in total. The molecule has 0 bridgehead atoms. The monoisotopic (exact) mass is 374 g/mol. The normalized spacial score (nSPS) is 10.6. The van der Waals surface area contributed by atoms with Crippen LogP contribution in [0.1, 0.15) is 16.7 Å². The third kappa shape index (κ3) is 3.72. The van der Waals surface area contributed by atoms with Gasteiger partial charge in [-0.3, -0.25) is 20.2 Å². The molecule has 0 amide bonds. The summed E-state index contributed by atoms with van der Waals surface area (Å²) >= 11 is 18.0. The summed E-state index contributed by atoms with van der Waals surface area (Å²) in [5, 5.41) is 23.0. The third-order valence-electron chi connectivity index (χ3n) is 3.30. The molecule has 120 valence electrons. The molecule has 0 saturated heterocycles. The zero-order valence-electron chi connectivity index (χ0n) is 11.7. The van der Waals surface area contributed by atoms with Crippen molar-refractivity contribution in [3.8, 4) is 0 Å². The molecule has 0 atom stereocenters. The quantitative estimate of drug-likeness (QED) is 0.531. The van der Waals surface area contributed by atoms with Gasteiger partial charge < -0.3 is 0 Å². The van der Waals surface area contributed by atoms with Gasteiger partial charge in [0.25, 0.3) is 11.4 Å². The van der Waals surface area contributed by atoms with E-state index in [0.29, 0.717) is 21.7 Å². The second kappa shape index (κ2) is 6.70. The van der Waals surface area contributed by atoms with Gasteiger partial charge in [0.1, 0.15) is 0 Å². The van der Waals surface area contributed by atoms with Crippen molar-refractivity contribution in [2.75, 3.05) is 0 Å². The van der Waals surface area contributed by atoms with Gasteiger partial charge in [-0.1, -0.05) is 34.8 Å². The van der Waals surface area contributed by atoms with Crippen molar-refractivity contribution < 1.29 is 9.85 Å². The summed E-state index contributed by atoms with van der Waals surface area (Å²) in [7, 11) is 0. The highest BCUT2D eigenvalue weighted by atomic mass is 35.5. The minimum Gasteiger partial charge on any atom is -0.258 e. The van der Waals surface area contributed by atoms with Gasteiger partial charge in [-0.15, -0.1) is 0 Å². The van der Waals surface area contributed by atoms with E-state index in [-0.39, 0.29) is 27.8 Å². The van der Waals surface area contributed by atoms with E-state index in [1.165, 1.54) is 18.2 Å². The molecule has 2 aromatic rings. The van der Waals surface area contributed by atoms with Crippen molar-refractivity contribution >= 4 is 46.2 Å². The van der Waals surface area contributed by atoms with Crippen LogP contribution in [0, 0.1) is 27.2 Å². The van der Waals surface area contributed by atoms with Crippen molar-refractivity contribution in [1.29, 1.82) is 0 Å². The molecule has 0 fully saturated rings. The minimum absolute atomic E-state index is 0.0645. The summed E-state index contributed by atoms with van der Waals surface area (Å²) < 4.78 is 0. The van der Waals surface area contributed by atoms with Gasteiger partial charge in [-0.05, 0) is 30.2 Å². The van der Waals surface area contributed by atoms with E-state index in [9.17, 15) is 20.2 Å². The Morgan fingerprint density at radius 3 is 1.96 bits per heavy atom. The summed E-state index contributed by atoms with van der Waals surface area (Å²) in [6, 6.07) is 5.17. The number of nitro benzene ring substituents is 2. The Bertz CT molecular complexity index is 801. The van der Waals surface area contributed by atoms with Gasteiger partial charge in [-0.25, -0.2) is 0 Å². The number of non-ortho nitro benzene ring substituents is 1. The molecule has 0 heterocycles. The number of hydrogen-bond acceptors (Lipinski definition) is 4. The van der Waals surface area contributed by atoms with E-state index in [0.717, 1.165) is 6.07 Å². The highest BCUT2D eigenvalue weighted by molar-refractivity contribution is 6.39. The lowest BCUT2D eigenvalue weighted by Gasteiger charge is -2.11. The van der Waals surface area contributed by atoms with E-state index >= 15 is 0 Å². The summed E-state index contributed by atoms with van der Waals surface area (Å²) in [5.41, 5.74) is 0.502. The number of nitrogens with zero attached hydrogens (tertiary/aromatic N) is 2. The van der Waals surface area contributed by atoms with Crippen LogP contribution in [-0.4, -0.2) is 9.85 Å². The van der Waals surface area contributed by atoms with Gasteiger partial charge in [0, 0.05) is 33.1 Å². The first-order valence-electron chi connectivity index (χ1n) is 6.26. The van der Waals surface area contributed by atoms with Crippen LogP contribution in [0.25, 0.3) is 0 Å². The molecule has 0 unspecified atom stereocenters. The maximum atomic E-state index is 11.3. The number of nitro groups is 2. The largest absolute Gasteiger partial charge is 0.280 e. The van der Waals surface area contributed by atoms with E-state index in [4.69, 9.17) is 34.8 Å². The number of hydrogen-bond donors (Lipinski definition) is 0. The van der Waals surface area contributed by atoms with E-state index in [2.05, 4.69) is 0 Å². The summed E-state index contributed by atoms with van der Waals surface area (Å²) in [5.74, 6) is 0. The first-order chi connectivity index (χ1) is 10.7. The molecule has 2 aromatic carbocycles. The molecule has 0 aliphatic rings. The third-order valence-corrected chi connectivity index (χ3v) is 4.19. The minimum atomic E-state index is -0.675.